The molecule has 0 saturated heterocycles. The highest BCUT2D eigenvalue weighted by molar-refractivity contribution is 8.13. The van der Waals surface area contributed by atoms with Gasteiger partial charge in [-0.15, -0.1) is 0 Å². The molecule has 4 nitrogen and oxygen atoms in total. The lowest BCUT2D eigenvalue weighted by molar-refractivity contribution is 0.102. The van der Waals surface area contributed by atoms with Gasteiger partial charge in [0.1, 0.15) is 5.82 Å². The zero-order valence-corrected chi connectivity index (χ0v) is 16.2. The molecule has 0 radical (unpaired) electrons. The minimum atomic E-state index is -0.550. The average molecular weight is 412 g/mol. The van der Waals surface area contributed by atoms with E-state index in [1.807, 2.05) is 6.92 Å². The number of halogens is 3. The standard InChI is InChI=1S/C18H16Cl2FN3OS/c1-18(6-7-26-17(22)24-18)11-3-5-14(21)15(9-11)23-16(25)10-2-4-12(19)13(20)8-10/h2-5,8-9H,6-7H2,1H3,(H2,22,24)(H,23,25). The first-order chi connectivity index (χ1) is 12.3. The summed E-state index contributed by atoms with van der Waals surface area (Å²) >= 11 is 13.3. The third-order valence-corrected chi connectivity index (χ3v) is 5.75. The lowest BCUT2D eigenvalue weighted by Gasteiger charge is -2.30. The molecular formula is C18H16Cl2FN3OS. The first kappa shape index (κ1) is 19.0. The van der Waals surface area contributed by atoms with Gasteiger partial charge in [-0.05, 0) is 49.2 Å². The SMILES string of the molecule is CC1(c2ccc(F)c(NC(=O)c3ccc(Cl)c(Cl)c3)c2)CCSC(N)=N1. The monoisotopic (exact) mass is 411 g/mol. The van der Waals surface area contributed by atoms with E-state index < -0.39 is 17.3 Å². The summed E-state index contributed by atoms with van der Waals surface area (Å²) in [6, 6.07) is 9.05. The van der Waals surface area contributed by atoms with Crippen LogP contribution in [0.2, 0.25) is 10.0 Å². The Morgan fingerprint density at radius 3 is 2.73 bits per heavy atom. The van der Waals surface area contributed by atoms with Crippen molar-refractivity contribution in [2.24, 2.45) is 10.7 Å². The van der Waals surface area contributed by atoms with Crippen LogP contribution >= 0.6 is 35.0 Å². The lowest BCUT2D eigenvalue weighted by Crippen LogP contribution is -2.29. The molecule has 0 spiro atoms. The van der Waals surface area contributed by atoms with Crippen LogP contribution in [0.25, 0.3) is 0 Å². The first-order valence-corrected chi connectivity index (χ1v) is 9.57. The van der Waals surface area contributed by atoms with E-state index >= 15 is 0 Å². The highest BCUT2D eigenvalue weighted by atomic mass is 35.5. The van der Waals surface area contributed by atoms with Crippen LogP contribution in [-0.2, 0) is 5.54 Å². The maximum absolute atomic E-state index is 14.2. The molecule has 2 aromatic carbocycles. The van der Waals surface area contributed by atoms with Crippen LogP contribution in [0.4, 0.5) is 10.1 Å². The Morgan fingerprint density at radius 1 is 1.27 bits per heavy atom. The zero-order chi connectivity index (χ0) is 18.9. The summed E-state index contributed by atoms with van der Waals surface area (Å²) in [6.45, 7) is 1.94. The van der Waals surface area contributed by atoms with Gasteiger partial charge in [0.05, 0.1) is 21.3 Å². The van der Waals surface area contributed by atoms with Crippen LogP contribution in [0.3, 0.4) is 0 Å². The van der Waals surface area contributed by atoms with Crippen molar-refractivity contribution >= 4 is 51.7 Å². The Morgan fingerprint density at radius 2 is 2.04 bits per heavy atom. The quantitative estimate of drug-likeness (QED) is 0.741. The molecule has 136 valence electrons. The number of aliphatic imine (C=N–C) groups is 1. The Kier molecular flexibility index (Phi) is 5.46. The molecule has 1 aliphatic heterocycles. The second-order valence-corrected chi connectivity index (χ2v) is 8.03. The molecule has 0 aliphatic carbocycles. The van der Waals surface area contributed by atoms with E-state index in [0.717, 1.165) is 17.7 Å². The third-order valence-electron chi connectivity index (χ3n) is 4.21. The minimum absolute atomic E-state index is 0.0757. The Bertz CT molecular complexity index is 906. The maximum Gasteiger partial charge on any atom is 0.255 e. The fourth-order valence-corrected chi connectivity index (χ4v) is 3.96. The van der Waals surface area contributed by atoms with Gasteiger partial charge in [-0.25, -0.2) is 4.39 Å². The number of hydrogen-bond donors (Lipinski definition) is 2. The second kappa shape index (κ2) is 7.47. The summed E-state index contributed by atoms with van der Waals surface area (Å²) in [5.41, 5.74) is 6.44. The van der Waals surface area contributed by atoms with Gasteiger partial charge < -0.3 is 11.1 Å². The molecule has 0 saturated carbocycles. The van der Waals surface area contributed by atoms with E-state index in [4.69, 9.17) is 28.9 Å². The maximum atomic E-state index is 14.2. The molecule has 1 heterocycles. The molecule has 3 N–H and O–H groups in total. The van der Waals surface area contributed by atoms with Crippen molar-refractivity contribution in [2.75, 3.05) is 11.1 Å². The van der Waals surface area contributed by atoms with Gasteiger partial charge in [-0.2, -0.15) is 0 Å². The Hall–Kier alpha value is -1.76. The topological polar surface area (TPSA) is 67.5 Å². The molecular weight excluding hydrogens is 396 g/mol. The van der Waals surface area contributed by atoms with Gasteiger partial charge in [0.25, 0.3) is 5.91 Å². The van der Waals surface area contributed by atoms with Gasteiger partial charge in [-0.1, -0.05) is 41.0 Å². The molecule has 1 unspecified atom stereocenters. The van der Waals surface area contributed by atoms with Crippen molar-refractivity contribution < 1.29 is 9.18 Å². The summed E-state index contributed by atoms with van der Waals surface area (Å²) in [4.78, 5) is 16.9. The van der Waals surface area contributed by atoms with Crippen LogP contribution < -0.4 is 11.1 Å². The number of rotatable bonds is 3. The highest BCUT2D eigenvalue weighted by Crippen LogP contribution is 2.36. The minimum Gasteiger partial charge on any atom is -0.379 e. The number of amidine groups is 1. The molecule has 0 fully saturated rings. The molecule has 8 heteroatoms. The van der Waals surface area contributed by atoms with E-state index in [0.29, 0.717) is 10.2 Å². The van der Waals surface area contributed by atoms with Crippen molar-refractivity contribution in [3.8, 4) is 0 Å². The van der Waals surface area contributed by atoms with E-state index in [2.05, 4.69) is 10.3 Å². The van der Waals surface area contributed by atoms with E-state index in [1.165, 1.54) is 36.0 Å². The van der Waals surface area contributed by atoms with Crippen molar-refractivity contribution in [1.29, 1.82) is 0 Å². The number of carbonyl (C=O) groups excluding carboxylic acids is 1. The Balaban J connectivity index is 1.89. The van der Waals surface area contributed by atoms with Gasteiger partial charge >= 0.3 is 0 Å². The van der Waals surface area contributed by atoms with Crippen LogP contribution in [-0.4, -0.2) is 16.8 Å². The highest BCUT2D eigenvalue weighted by Gasteiger charge is 2.30. The number of amides is 1. The van der Waals surface area contributed by atoms with Crippen molar-refractivity contribution in [3.63, 3.8) is 0 Å². The second-order valence-electron chi connectivity index (χ2n) is 6.10. The van der Waals surface area contributed by atoms with Crippen molar-refractivity contribution in [3.05, 3.63) is 63.4 Å². The van der Waals surface area contributed by atoms with Gasteiger partial charge in [-0.3, -0.25) is 9.79 Å². The summed E-state index contributed by atoms with van der Waals surface area (Å²) in [5.74, 6) is -0.186. The average Bonchev–Trinajstić information content (AvgIpc) is 2.59. The molecule has 1 aliphatic rings. The van der Waals surface area contributed by atoms with Crippen LogP contribution in [0, 0.1) is 5.82 Å². The largest absolute Gasteiger partial charge is 0.379 e. The van der Waals surface area contributed by atoms with Crippen molar-refractivity contribution in [2.45, 2.75) is 18.9 Å². The Labute approximate surface area is 165 Å². The van der Waals surface area contributed by atoms with Gasteiger partial charge in [0, 0.05) is 11.3 Å². The molecule has 0 bridgehead atoms. The third kappa shape index (κ3) is 3.98. The van der Waals surface area contributed by atoms with E-state index in [-0.39, 0.29) is 16.3 Å². The smallest absolute Gasteiger partial charge is 0.255 e. The van der Waals surface area contributed by atoms with E-state index in [9.17, 15) is 9.18 Å². The number of anilines is 1. The van der Waals surface area contributed by atoms with Crippen LogP contribution in [0.1, 0.15) is 29.3 Å². The van der Waals surface area contributed by atoms with E-state index in [1.54, 1.807) is 12.1 Å². The van der Waals surface area contributed by atoms with Crippen LogP contribution in [0.5, 0.6) is 0 Å². The number of carbonyl (C=O) groups is 1. The predicted molar refractivity (Wildman–Crippen MR) is 107 cm³/mol. The summed E-state index contributed by atoms with van der Waals surface area (Å²) in [6.07, 6.45) is 0.768. The molecule has 26 heavy (non-hydrogen) atoms. The predicted octanol–water partition coefficient (Wildman–Crippen LogP) is 5.05. The zero-order valence-electron chi connectivity index (χ0n) is 13.9. The number of hydrogen-bond acceptors (Lipinski definition) is 4. The number of thioether (sulfide) groups is 1. The van der Waals surface area contributed by atoms with Gasteiger partial charge in [0.2, 0.25) is 0 Å². The number of nitrogens with one attached hydrogen (secondary N) is 1. The summed E-state index contributed by atoms with van der Waals surface area (Å²) in [5, 5.41) is 3.68. The fraction of sp³-hybridized carbons (Fsp3) is 0.222. The first-order valence-electron chi connectivity index (χ1n) is 7.83. The lowest BCUT2D eigenvalue weighted by atomic mass is 9.89. The van der Waals surface area contributed by atoms with Crippen LogP contribution in [0.15, 0.2) is 41.4 Å². The van der Waals surface area contributed by atoms with Crippen molar-refractivity contribution in [1.82, 2.24) is 0 Å². The number of nitrogens with zero attached hydrogens (tertiary/aromatic N) is 1. The summed E-state index contributed by atoms with van der Waals surface area (Å²) in [7, 11) is 0. The number of nitrogens with two attached hydrogens (primary N) is 1. The summed E-state index contributed by atoms with van der Waals surface area (Å²) < 4.78 is 14.2. The molecule has 3 rings (SSSR count). The molecule has 1 atom stereocenters. The van der Waals surface area contributed by atoms with Gasteiger partial charge in [0.15, 0.2) is 5.17 Å². The number of benzene rings is 2. The fourth-order valence-electron chi connectivity index (χ4n) is 2.68. The molecule has 1 amide bonds. The normalized spacial score (nSPS) is 19.8. The molecule has 0 aromatic heterocycles. The molecule has 2 aromatic rings.